The fourth-order valence-electron chi connectivity index (χ4n) is 1.26. The van der Waals surface area contributed by atoms with Crippen LogP contribution < -0.4 is 0 Å². The van der Waals surface area contributed by atoms with Crippen LogP contribution in [0.3, 0.4) is 0 Å². The summed E-state index contributed by atoms with van der Waals surface area (Å²) in [5.74, 6) is -1.85. The topological polar surface area (TPSA) is 61.8 Å². The second-order valence-electron chi connectivity index (χ2n) is 3.37. The Morgan fingerprint density at radius 2 is 2.07 bits per heavy atom. The van der Waals surface area contributed by atoms with Crippen LogP contribution in [0.1, 0.15) is 26.2 Å². The third-order valence-electron chi connectivity index (χ3n) is 2.03. The van der Waals surface area contributed by atoms with Gasteiger partial charge in [0, 0.05) is 6.61 Å². The maximum atomic E-state index is 11.1. The van der Waals surface area contributed by atoms with Gasteiger partial charge in [0.1, 0.15) is 6.61 Å². The molecule has 0 aromatic carbocycles. The first-order valence-electron chi connectivity index (χ1n) is 5.19. The monoisotopic (exact) mass is 216 g/mol. The number of rotatable bonds is 4. The summed E-state index contributed by atoms with van der Waals surface area (Å²) in [6.45, 7) is 2.93. The molecule has 0 N–H and O–H groups in total. The van der Waals surface area contributed by atoms with Crippen LogP contribution in [0.2, 0.25) is 0 Å². The van der Waals surface area contributed by atoms with E-state index in [1.54, 1.807) is 0 Å². The molecule has 0 aromatic rings. The number of carbonyl (C=O) groups excluding carboxylic acids is 2. The third kappa shape index (κ3) is 4.29. The molecule has 1 aliphatic rings. The van der Waals surface area contributed by atoms with Gasteiger partial charge < -0.3 is 14.2 Å². The second kappa shape index (κ2) is 6.40. The molecule has 0 spiro atoms. The van der Waals surface area contributed by atoms with E-state index in [0.29, 0.717) is 13.0 Å². The average molecular weight is 216 g/mol. The first kappa shape index (κ1) is 12.0. The molecule has 1 rings (SSSR count). The van der Waals surface area contributed by atoms with Crippen molar-refractivity contribution in [3.05, 3.63) is 0 Å². The van der Waals surface area contributed by atoms with Gasteiger partial charge in [-0.3, -0.25) is 0 Å². The third-order valence-corrected chi connectivity index (χ3v) is 2.03. The molecule has 0 saturated carbocycles. The molecule has 5 heteroatoms. The molecule has 1 saturated heterocycles. The fourth-order valence-corrected chi connectivity index (χ4v) is 1.26. The summed E-state index contributed by atoms with van der Waals surface area (Å²) in [7, 11) is 0. The van der Waals surface area contributed by atoms with E-state index in [-0.39, 0.29) is 19.3 Å². The second-order valence-corrected chi connectivity index (χ2v) is 3.37. The molecule has 0 aliphatic carbocycles. The van der Waals surface area contributed by atoms with Gasteiger partial charge in [0.2, 0.25) is 0 Å². The van der Waals surface area contributed by atoms with E-state index in [4.69, 9.17) is 9.47 Å². The van der Waals surface area contributed by atoms with Crippen LogP contribution in [0.4, 0.5) is 0 Å². The van der Waals surface area contributed by atoms with E-state index in [0.717, 1.165) is 12.8 Å². The Balaban J connectivity index is 2.14. The summed E-state index contributed by atoms with van der Waals surface area (Å²) in [5, 5.41) is 0. The van der Waals surface area contributed by atoms with Crippen LogP contribution in [0, 0.1) is 0 Å². The van der Waals surface area contributed by atoms with Gasteiger partial charge in [-0.25, -0.2) is 9.59 Å². The van der Waals surface area contributed by atoms with E-state index in [1.165, 1.54) is 0 Å². The van der Waals surface area contributed by atoms with E-state index >= 15 is 0 Å². The van der Waals surface area contributed by atoms with Crippen molar-refractivity contribution in [2.75, 3.05) is 19.8 Å². The molecular weight excluding hydrogens is 200 g/mol. The van der Waals surface area contributed by atoms with Gasteiger partial charge in [0.15, 0.2) is 0 Å². The Kier molecular flexibility index (Phi) is 5.10. The van der Waals surface area contributed by atoms with E-state index < -0.39 is 11.9 Å². The van der Waals surface area contributed by atoms with Crippen molar-refractivity contribution in [1.82, 2.24) is 0 Å². The Hall–Kier alpha value is -1.10. The van der Waals surface area contributed by atoms with Gasteiger partial charge >= 0.3 is 11.9 Å². The molecule has 0 aromatic heterocycles. The summed E-state index contributed by atoms with van der Waals surface area (Å²) >= 11 is 0. The molecule has 86 valence electrons. The lowest BCUT2D eigenvalue weighted by Gasteiger charge is -2.09. The molecule has 15 heavy (non-hydrogen) atoms. The zero-order chi connectivity index (χ0) is 11.1. The first-order chi connectivity index (χ1) is 7.24. The van der Waals surface area contributed by atoms with Gasteiger partial charge in [-0.05, 0) is 19.3 Å². The maximum Gasteiger partial charge on any atom is 0.417 e. The van der Waals surface area contributed by atoms with Crippen molar-refractivity contribution in [2.24, 2.45) is 0 Å². The van der Waals surface area contributed by atoms with Gasteiger partial charge in [0.05, 0.1) is 12.7 Å². The van der Waals surface area contributed by atoms with Crippen LogP contribution >= 0.6 is 0 Å². The van der Waals surface area contributed by atoms with Crippen molar-refractivity contribution in [3.63, 3.8) is 0 Å². The van der Waals surface area contributed by atoms with Gasteiger partial charge in [0.25, 0.3) is 0 Å². The highest BCUT2D eigenvalue weighted by Gasteiger charge is 2.21. The lowest BCUT2D eigenvalue weighted by molar-refractivity contribution is -0.169. The van der Waals surface area contributed by atoms with E-state index in [9.17, 15) is 9.59 Å². The number of hydrogen-bond acceptors (Lipinski definition) is 5. The maximum absolute atomic E-state index is 11.1. The average Bonchev–Trinajstić information content (AvgIpc) is 2.75. The van der Waals surface area contributed by atoms with Crippen molar-refractivity contribution in [1.29, 1.82) is 0 Å². The van der Waals surface area contributed by atoms with Crippen LogP contribution in [0.15, 0.2) is 0 Å². The molecule has 1 aliphatic heterocycles. The Morgan fingerprint density at radius 3 is 2.67 bits per heavy atom. The lowest BCUT2D eigenvalue weighted by atomic mass is 10.2. The summed E-state index contributed by atoms with van der Waals surface area (Å²) in [4.78, 5) is 22.0. The summed E-state index contributed by atoms with van der Waals surface area (Å²) in [5.41, 5.74) is 0. The molecule has 0 unspecified atom stereocenters. The van der Waals surface area contributed by atoms with E-state index in [1.807, 2.05) is 6.92 Å². The zero-order valence-electron chi connectivity index (χ0n) is 8.86. The fraction of sp³-hybridized carbons (Fsp3) is 0.800. The lowest BCUT2D eigenvalue weighted by Crippen LogP contribution is -2.25. The zero-order valence-corrected chi connectivity index (χ0v) is 8.86. The van der Waals surface area contributed by atoms with Crippen molar-refractivity contribution < 1.29 is 23.8 Å². The minimum absolute atomic E-state index is 0.0621. The number of esters is 2. The quantitative estimate of drug-likeness (QED) is 0.510. The highest BCUT2D eigenvalue weighted by molar-refractivity contribution is 6.29. The SMILES string of the molecule is CCCOC(=O)C(=O)OC[C@H]1CCCO1. The normalized spacial score (nSPS) is 19.9. The summed E-state index contributed by atoms with van der Waals surface area (Å²) < 4.78 is 14.6. The van der Waals surface area contributed by atoms with Gasteiger partial charge in [-0.1, -0.05) is 6.92 Å². The van der Waals surface area contributed by atoms with Crippen molar-refractivity contribution >= 4 is 11.9 Å². The Morgan fingerprint density at radius 1 is 1.33 bits per heavy atom. The molecule has 1 heterocycles. The van der Waals surface area contributed by atoms with E-state index in [2.05, 4.69) is 4.74 Å². The largest absolute Gasteiger partial charge is 0.457 e. The van der Waals surface area contributed by atoms with Crippen molar-refractivity contribution in [3.8, 4) is 0 Å². The Labute approximate surface area is 88.7 Å². The molecule has 0 amide bonds. The minimum atomic E-state index is -0.932. The van der Waals surface area contributed by atoms with Gasteiger partial charge in [-0.15, -0.1) is 0 Å². The number of hydrogen-bond donors (Lipinski definition) is 0. The predicted octanol–water partition coefficient (Wildman–Crippen LogP) is 0.662. The van der Waals surface area contributed by atoms with Crippen LogP contribution in [-0.2, 0) is 23.8 Å². The summed E-state index contributed by atoms with van der Waals surface area (Å²) in [6.07, 6.45) is 2.47. The highest BCUT2D eigenvalue weighted by Crippen LogP contribution is 2.11. The predicted molar refractivity (Wildman–Crippen MR) is 51.2 cm³/mol. The molecule has 0 bridgehead atoms. The van der Waals surface area contributed by atoms with Crippen LogP contribution in [0.5, 0.6) is 0 Å². The molecule has 1 atom stereocenters. The Bertz CT molecular complexity index is 220. The standard InChI is InChI=1S/C10H16O5/c1-2-5-14-9(11)10(12)15-7-8-4-3-6-13-8/h8H,2-7H2,1H3/t8-/m1/s1. The van der Waals surface area contributed by atoms with Crippen LogP contribution in [-0.4, -0.2) is 37.9 Å². The molecule has 0 radical (unpaired) electrons. The first-order valence-corrected chi connectivity index (χ1v) is 5.19. The smallest absolute Gasteiger partial charge is 0.417 e. The van der Waals surface area contributed by atoms with Crippen LogP contribution in [0.25, 0.3) is 0 Å². The molecular formula is C10H16O5. The highest BCUT2D eigenvalue weighted by atomic mass is 16.6. The number of ether oxygens (including phenoxy) is 3. The number of carbonyl (C=O) groups is 2. The van der Waals surface area contributed by atoms with Crippen molar-refractivity contribution in [2.45, 2.75) is 32.3 Å². The summed E-state index contributed by atoms with van der Waals surface area (Å²) in [6, 6.07) is 0. The molecule has 5 nitrogen and oxygen atoms in total. The molecule has 1 fully saturated rings. The minimum Gasteiger partial charge on any atom is -0.457 e. The van der Waals surface area contributed by atoms with Gasteiger partial charge in [-0.2, -0.15) is 0 Å².